The summed E-state index contributed by atoms with van der Waals surface area (Å²) in [5.41, 5.74) is 3.60. The van der Waals surface area contributed by atoms with E-state index < -0.39 is 0 Å². The molecule has 0 unspecified atom stereocenters. The number of hydrogen-bond donors (Lipinski definition) is 1. The molecule has 0 spiro atoms. The van der Waals surface area contributed by atoms with Crippen LogP contribution in [-0.2, 0) is 0 Å². The Hall–Kier alpha value is -1.54. The fraction of sp³-hybridized carbons (Fsp3) is 0.375. The van der Waals surface area contributed by atoms with Crippen molar-refractivity contribution in [1.29, 1.82) is 0 Å². The van der Waals surface area contributed by atoms with E-state index in [1.165, 1.54) is 16.5 Å². The Morgan fingerprint density at radius 3 is 2.78 bits per heavy atom. The predicted octanol–water partition coefficient (Wildman–Crippen LogP) is 4.14. The van der Waals surface area contributed by atoms with Crippen LogP contribution in [0.2, 0.25) is 0 Å². The zero-order valence-electron chi connectivity index (χ0n) is 11.4. The molecule has 1 aromatic carbocycles. The lowest BCUT2D eigenvalue weighted by Gasteiger charge is -2.05. The Balaban J connectivity index is 2.40. The van der Waals surface area contributed by atoms with Crippen molar-refractivity contribution in [2.75, 3.05) is 13.1 Å². The number of furan rings is 1. The van der Waals surface area contributed by atoms with Gasteiger partial charge in [0.05, 0.1) is 0 Å². The quantitative estimate of drug-likeness (QED) is 0.853. The number of hydrogen-bond acceptors (Lipinski definition) is 2. The molecule has 0 radical (unpaired) electrons. The van der Waals surface area contributed by atoms with E-state index in [0.717, 1.165) is 30.9 Å². The largest absolute Gasteiger partial charge is 0.461 e. The Morgan fingerprint density at radius 1 is 1.28 bits per heavy atom. The van der Waals surface area contributed by atoms with E-state index >= 15 is 0 Å². The number of rotatable bonds is 5. The van der Waals surface area contributed by atoms with Crippen molar-refractivity contribution in [2.45, 2.75) is 27.2 Å². The summed E-state index contributed by atoms with van der Waals surface area (Å²) in [6, 6.07) is 8.22. The van der Waals surface area contributed by atoms with Crippen molar-refractivity contribution in [1.82, 2.24) is 5.32 Å². The van der Waals surface area contributed by atoms with Crippen LogP contribution in [0.3, 0.4) is 0 Å². The first kappa shape index (κ1) is 12.9. The van der Waals surface area contributed by atoms with Gasteiger partial charge in [-0.25, -0.2) is 0 Å². The summed E-state index contributed by atoms with van der Waals surface area (Å²) < 4.78 is 5.78. The van der Waals surface area contributed by atoms with Crippen LogP contribution in [0.25, 0.3) is 17.0 Å². The maximum absolute atomic E-state index is 5.78. The molecule has 0 bridgehead atoms. The molecule has 2 heteroatoms. The van der Waals surface area contributed by atoms with Gasteiger partial charge >= 0.3 is 0 Å². The summed E-state index contributed by atoms with van der Waals surface area (Å²) in [4.78, 5) is 0. The molecule has 0 saturated carbocycles. The first-order valence-corrected chi connectivity index (χ1v) is 6.64. The molecular formula is C16H21NO. The molecule has 18 heavy (non-hydrogen) atoms. The van der Waals surface area contributed by atoms with Crippen molar-refractivity contribution in [3.05, 3.63) is 41.2 Å². The SMILES string of the molecule is CCNC/C(=C/c1c(C)oc2ccccc12)CC. The summed E-state index contributed by atoms with van der Waals surface area (Å²) in [7, 11) is 0. The van der Waals surface area contributed by atoms with Gasteiger partial charge in [-0.05, 0) is 26.0 Å². The Kier molecular flexibility index (Phi) is 4.21. The van der Waals surface area contributed by atoms with Gasteiger partial charge < -0.3 is 9.73 Å². The summed E-state index contributed by atoms with van der Waals surface area (Å²) in [6.07, 6.45) is 3.33. The van der Waals surface area contributed by atoms with Crippen LogP contribution in [0.5, 0.6) is 0 Å². The highest BCUT2D eigenvalue weighted by Crippen LogP contribution is 2.27. The topological polar surface area (TPSA) is 25.2 Å². The first-order valence-electron chi connectivity index (χ1n) is 6.64. The summed E-state index contributed by atoms with van der Waals surface area (Å²) in [5, 5.41) is 4.59. The van der Waals surface area contributed by atoms with E-state index in [1.807, 2.05) is 19.1 Å². The third kappa shape index (κ3) is 2.65. The fourth-order valence-electron chi connectivity index (χ4n) is 2.13. The smallest absolute Gasteiger partial charge is 0.134 e. The summed E-state index contributed by atoms with van der Waals surface area (Å²) >= 11 is 0. The molecule has 2 aromatic rings. The van der Waals surface area contributed by atoms with Gasteiger partial charge in [0.15, 0.2) is 0 Å². The molecule has 0 aliphatic carbocycles. The number of aryl methyl sites for hydroxylation is 1. The lowest BCUT2D eigenvalue weighted by Crippen LogP contribution is -2.15. The van der Waals surface area contributed by atoms with E-state index in [9.17, 15) is 0 Å². The number of para-hydroxylation sites is 1. The lowest BCUT2D eigenvalue weighted by atomic mass is 10.1. The second-order valence-electron chi connectivity index (χ2n) is 4.50. The van der Waals surface area contributed by atoms with Crippen LogP contribution in [0.1, 0.15) is 31.6 Å². The highest BCUT2D eigenvalue weighted by molar-refractivity contribution is 5.88. The molecule has 96 valence electrons. The Morgan fingerprint density at radius 2 is 2.06 bits per heavy atom. The van der Waals surface area contributed by atoms with Crippen molar-refractivity contribution < 1.29 is 4.42 Å². The average Bonchev–Trinajstić information content (AvgIpc) is 2.70. The number of likely N-dealkylation sites (N-methyl/N-ethyl adjacent to an activating group) is 1. The molecule has 0 aliphatic heterocycles. The predicted molar refractivity (Wildman–Crippen MR) is 77.8 cm³/mol. The van der Waals surface area contributed by atoms with Gasteiger partial charge in [-0.3, -0.25) is 0 Å². The molecule has 0 atom stereocenters. The average molecular weight is 243 g/mol. The standard InChI is InChI=1S/C16H21NO/c1-4-13(11-17-5-2)10-15-12(3)18-16-9-7-6-8-14(15)16/h6-10,17H,4-5,11H2,1-3H3/b13-10+. The van der Waals surface area contributed by atoms with Crippen molar-refractivity contribution in [3.63, 3.8) is 0 Å². The number of benzene rings is 1. The van der Waals surface area contributed by atoms with Gasteiger partial charge in [-0.2, -0.15) is 0 Å². The lowest BCUT2D eigenvalue weighted by molar-refractivity contribution is 0.577. The molecule has 1 N–H and O–H groups in total. The van der Waals surface area contributed by atoms with Crippen LogP contribution in [0.4, 0.5) is 0 Å². The van der Waals surface area contributed by atoms with Crippen LogP contribution in [0.15, 0.2) is 34.3 Å². The molecular weight excluding hydrogens is 222 g/mol. The van der Waals surface area contributed by atoms with E-state index in [0.29, 0.717) is 0 Å². The van der Waals surface area contributed by atoms with Gasteiger partial charge in [0.2, 0.25) is 0 Å². The first-order chi connectivity index (χ1) is 8.76. The molecule has 1 aromatic heterocycles. The highest BCUT2D eigenvalue weighted by Gasteiger charge is 2.08. The molecule has 0 amide bonds. The van der Waals surface area contributed by atoms with Gasteiger partial charge in [0.25, 0.3) is 0 Å². The summed E-state index contributed by atoms with van der Waals surface area (Å²) in [5.74, 6) is 0.999. The van der Waals surface area contributed by atoms with E-state index in [1.54, 1.807) is 0 Å². The molecule has 0 saturated heterocycles. The van der Waals surface area contributed by atoms with Crippen LogP contribution in [0, 0.1) is 6.92 Å². The van der Waals surface area contributed by atoms with Crippen LogP contribution >= 0.6 is 0 Å². The van der Waals surface area contributed by atoms with Crippen molar-refractivity contribution >= 4 is 17.0 Å². The third-order valence-electron chi connectivity index (χ3n) is 3.22. The zero-order valence-corrected chi connectivity index (χ0v) is 11.4. The second kappa shape index (κ2) is 5.87. The third-order valence-corrected chi connectivity index (χ3v) is 3.22. The molecule has 2 nitrogen and oxygen atoms in total. The van der Waals surface area contributed by atoms with E-state index in [2.05, 4.69) is 37.4 Å². The van der Waals surface area contributed by atoms with Crippen molar-refractivity contribution in [2.24, 2.45) is 0 Å². The minimum atomic E-state index is 0.950. The highest BCUT2D eigenvalue weighted by atomic mass is 16.3. The molecule has 0 aliphatic rings. The minimum Gasteiger partial charge on any atom is -0.461 e. The van der Waals surface area contributed by atoms with E-state index in [-0.39, 0.29) is 0 Å². The molecule has 0 fully saturated rings. The van der Waals surface area contributed by atoms with Crippen molar-refractivity contribution in [3.8, 4) is 0 Å². The van der Waals surface area contributed by atoms with Crippen LogP contribution in [-0.4, -0.2) is 13.1 Å². The van der Waals surface area contributed by atoms with Gasteiger partial charge in [-0.15, -0.1) is 0 Å². The molecule has 1 heterocycles. The second-order valence-corrected chi connectivity index (χ2v) is 4.50. The fourth-order valence-corrected chi connectivity index (χ4v) is 2.13. The maximum Gasteiger partial charge on any atom is 0.134 e. The van der Waals surface area contributed by atoms with Gasteiger partial charge in [0.1, 0.15) is 11.3 Å². The Labute approximate surface area is 109 Å². The molecule has 2 rings (SSSR count). The summed E-state index contributed by atoms with van der Waals surface area (Å²) in [6.45, 7) is 8.31. The van der Waals surface area contributed by atoms with Gasteiger partial charge in [0, 0.05) is 17.5 Å². The minimum absolute atomic E-state index is 0.950. The zero-order chi connectivity index (χ0) is 13.0. The number of nitrogens with one attached hydrogen (secondary N) is 1. The van der Waals surface area contributed by atoms with E-state index in [4.69, 9.17) is 4.42 Å². The monoisotopic (exact) mass is 243 g/mol. The maximum atomic E-state index is 5.78. The van der Waals surface area contributed by atoms with Gasteiger partial charge in [-0.1, -0.05) is 43.7 Å². The normalized spacial score (nSPS) is 12.3. The number of fused-ring (bicyclic) bond motifs is 1. The van der Waals surface area contributed by atoms with Crippen LogP contribution < -0.4 is 5.32 Å². The Bertz CT molecular complexity index is 551.